The zero-order valence-corrected chi connectivity index (χ0v) is 11.1. The van der Waals surface area contributed by atoms with Crippen LogP contribution in [0.5, 0.6) is 0 Å². The largest absolute Gasteiger partial charge is 0.396 e. The van der Waals surface area contributed by atoms with Crippen LogP contribution in [-0.4, -0.2) is 21.7 Å². The molecule has 2 aromatic rings. The Hall–Kier alpha value is -1.94. The van der Waals surface area contributed by atoms with Crippen LogP contribution in [0, 0.1) is 6.92 Å². The number of benzene rings is 1. The van der Waals surface area contributed by atoms with Gasteiger partial charge >= 0.3 is 0 Å². The summed E-state index contributed by atoms with van der Waals surface area (Å²) in [5.74, 6) is 0.631. The van der Waals surface area contributed by atoms with Crippen LogP contribution >= 0.6 is 0 Å². The minimum absolute atomic E-state index is 0.121. The van der Waals surface area contributed by atoms with Gasteiger partial charge in [-0.15, -0.1) is 0 Å². The Morgan fingerprint density at radius 3 is 2.68 bits per heavy atom. The van der Waals surface area contributed by atoms with Crippen molar-refractivity contribution in [3.8, 4) is 0 Å². The van der Waals surface area contributed by atoms with Gasteiger partial charge in [-0.3, -0.25) is 0 Å². The van der Waals surface area contributed by atoms with Crippen molar-refractivity contribution in [2.24, 2.45) is 0 Å². The molecule has 0 aliphatic rings. The molecule has 2 N–H and O–H groups in total. The van der Waals surface area contributed by atoms with Gasteiger partial charge in [0.2, 0.25) is 5.95 Å². The third kappa shape index (κ3) is 4.03. The molecule has 0 bridgehead atoms. The maximum atomic E-state index is 9.01. The number of nitrogens with zero attached hydrogens (tertiary/aromatic N) is 2. The molecule has 1 aromatic heterocycles. The SMILES string of the molecule is Cc1ccnc(NC(CCCO)c2ccccc2)n1. The molecule has 1 heterocycles. The van der Waals surface area contributed by atoms with E-state index in [9.17, 15) is 0 Å². The molecule has 1 unspecified atom stereocenters. The zero-order chi connectivity index (χ0) is 13.5. The Balaban J connectivity index is 2.14. The summed E-state index contributed by atoms with van der Waals surface area (Å²) in [6.07, 6.45) is 3.34. The van der Waals surface area contributed by atoms with Crippen molar-refractivity contribution >= 4 is 5.95 Å². The van der Waals surface area contributed by atoms with Crippen LogP contribution in [0.25, 0.3) is 0 Å². The number of aromatic nitrogens is 2. The molecule has 4 nitrogen and oxygen atoms in total. The van der Waals surface area contributed by atoms with Crippen LogP contribution in [0.3, 0.4) is 0 Å². The highest BCUT2D eigenvalue weighted by molar-refractivity contribution is 5.32. The van der Waals surface area contributed by atoms with Crippen LogP contribution < -0.4 is 5.32 Å². The number of nitrogens with one attached hydrogen (secondary N) is 1. The maximum Gasteiger partial charge on any atom is 0.223 e. The van der Waals surface area contributed by atoms with Crippen molar-refractivity contribution in [3.05, 3.63) is 53.9 Å². The average molecular weight is 257 g/mol. The van der Waals surface area contributed by atoms with E-state index in [0.29, 0.717) is 5.95 Å². The molecule has 4 heteroatoms. The van der Waals surface area contributed by atoms with Gasteiger partial charge in [0.1, 0.15) is 0 Å². The van der Waals surface area contributed by atoms with Crippen molar-refractivity contribution in [3.63, 3.8) is 0 Å². The lowest BCUT2D eigenvalue weighted by Gasteiger charge is -2.19. The van der Waals surface area contributed by atoms with Crippen molar-refractivity contribution < 1.29 is 5.11 Å². The molecule has 0 aliphatic carbocycles. The molecular formula is C15H19N3O. The van der Waals surface area contributed by atoms with E-state index in [1.807, 2.05) is 31.2 Å². The molecule has 0 aliphatic heterocycles. The number of hydrogen-bond donors (Lipinski definition) is 2. The van der Waals surface area contributed by atoms with Gasteiger partial charge in [-0.1, -0.05) is 30.3 Å². The first-order valence-corrected chi connectivity index (χ1v) is 6.51. The van der Waals surface area contributed by atoms with E-state index in [4.69, 9.17) is 5.11 Å². The zero-order valence-electron chi connectivity index (χ0n) is 11.1. The van der Waals surface area contributed by atoms with E-state index in [1.165, 1.54) is 5.56 Å². The summed E-state index contributed by atoms with van der Waals surface area (Å²) in [5.41, 5.74) is 2.12. The van der Waals surface area contributed by atoms with E-state index in [0.717, 1.165) is 18.5 Å². The smallest absolute Gasteiger partial charge is 0.223 e. The predicted octanol–water partition coefficient (Wildman–Crippen LogP) is 2.71. The van der Waals surface area contributed by atoms with E-state index in [2.05, 4.69) is 27.4 Å². The second-order valence-corrected chi connectivity index (χ2v) is 4.50. The monoisotopic (exact) mass is 257 g/mol. The predicted molar refractivity (Wildman–Crippen MR) is 75.9 cm³/mol. The lowest BCUT2D eigenvalue weighted by Crippen LogP contribution is -2.13. The molecule has 1 aromatic carbocycles. The quantitative estimate of drug-likeness (QED) is 0.835. The molecule has 0 amide bonds. The molecule has 0 spiro atoms. The molecule has 0 saturated carbocycles. The number of aliphatic hydroxyl groups excluding tert-OH is 1. The fraction of sp³-hybridized carbons (Fsp3) is 0.333. The molecule has 0 fully saturated rings. The Morgan fingerprint density at radius 2 is 2.00 bits per heavy atom. The highest BCUT2D eigenvalue weighted by atomic mass is 16.2. The highest BCUT2D eigenvalue weighted by Gasteiger charge is 2.12. The van der Waals surface area contributed by atoms with Gasteiger partial charge in [0.25, 0.3) is 0 Å². The molecule has 1 atom stereocenters. The first-order valence-electron chi connectivity index (χ1n) is 6.51. The van der Waals surface area contributed by atoms with Gasteiger partial charge < -0.3 is 10.4 Å². The van der Waals surface area contributed by atoms with Crippen LogP contribution in [-0.2, 0) is 0 Å². The molecular weight excluding hydrogens is 238 g/mol. The molecule has 19 heavy (non-hydrogen) atoms. The number of hydrogen-bond acceptors (Lipinski definition) is 4. The van der Waals surface area contributed by atoms with Crippen LogP contribution in [0.2, 0.25) is 0 Å². The summed E-state index contributed by atoms with van der Waals surface area (Å²) in [7, 11) is 0. The third-order valence-corrected chi connectivity index (χ3v) is 2.95. The highest BCUT2D eigenvalue weighted by Crippen LogP contribution is 2.21. The van der Waals surface area contributed by atoms with Gasteiger partial charge in [0, 0.05) is 18.5 Å². The van der Waals surface area contributed by atoms with Crippen molar-refractivity contribution in [1.82, 2.24) is 9.97 Å². The van der Waals surface area contributed by atoms with E-state index < -0.39 is 0 Å². The van der Waals surface area contributed by atoms with E-state index >= 15 is 0 Å². The Morgan fingerprint density at radius 1 is 1.21 bits per heavy atom. The second-order valence-electron chi connectivity index (χ2n) is 4.50. The lowest BCUT2D eigenvalue weighted by atomic mass is 10.0. The topological polar surface area (TPSA) is 58.0 Å². The molecule has 0 saturated heterocycles. The van der Waals surface area contributed by atoms with Crippen LogP contribution in [0.1, 0.15) is 30.1 Å². The maximum absolute atomic E-state index is 9.01. The van der Waals surface area contributed by atoms with Gasteiger partial charge in [-0.25, -0.2) is 9.97 Å². The summed E-state index contributed by atoms with van der Waals surface area (Å²) in [5, 5.41) is 12.4. The van der Waals surface area contributed by atoms with Crippen molar-refractivity contribution in [2.75, 3.05) is 11.9 Å². The molecule has 2 rings (SSSR count). The average Bonchev–Trinajstić information content (AvgIpc) is 2.44. The van der Waals surface area contributed by atoms with Crippen molar-refractivity contribution in [2.45, 2.75) is 25.8 Å². The Labute approximate surface area is 113 Å². The van der Waals surface area contributed by atoms with Gasteiger partial charge in [0.05, 0.1) is 6.04 Å². The summed E-state index contributed by atoms with van der Waals surface area (Å²) in [4.78, 5) is 8.59. The van der Waals surface area contributed by atoms with E-state index in [1.54, 1.807) is 6.20 Å². The molecule has 0 radical (unpaired) electrons. The summed E-state index contributed by atoms with van der Waals surface area (Å²) in [6.45, 7) is 2.14. The summed E-state index contributed by atoms with van der Waals surface area (Å²) < 4.78 is 0. The lowest BCUT2D eigenvalue weighted by molar-refractivity contribution is 0.281. The van der Waals surface area contributed by atoms with Crippen LogP contribution in [0.4, 0.5) is 5.95 Å². The van der Waals surface area contributed by atoms with Gasteiger partial charge in [-0.05, 0) is 31.4 Å². The first kappa shape index (κ1) is 13.5. The van der Waals surface area contributed by atoms with E-state index in [-0.39, 0.29) is 12.6 Å². The summed E-state index contributed by atoms with van der Waals surface area (Å²) in [6, 6.07) is 12.2. The normalized spacial score (nSPS) is 12.1. The minimum Gasteiger partial charge on any atom is -0.396 e. The Kier molecular flexibility index (Phi) is 4.86. The minimum atomic E-state index is 0.121. The van der Waals surface area contributed by atoms with Gasteiger partial charge in [0.15, 0.2) is 0 Å². The first-order chi connectivity index (χ1) is 9.29. The Bertz CT molecular complexity index is 502. The van der Waals surface area contributed by atoms with Crippen LogP contribution in [0.15, 0.2) is 42.6 Å². The number of aryl methyl sites for hydroxylation is 1. The standard InChI is InChI=1S/C15H19N3O/c1-12-9-10-16-15(17-12)18-14(8-5-11-19)13-6-3-2-4-7-13/h2-4,6-7,9-10,14,19H,5,8,11H2,1H3,(H,16,17,18). The molecule has 100 valence electrons. The number of rotatable bonds is 6. The fourth-order valence-corrected chi connectivity index (χ4v) is 1.98. The summed E-state index contributed by atoms with van der Waals surface area (Å²) >= 11 is 0. The third-order valence-electron chi connectivity index (χ3n) is 2.95. The fourth-order valence-electron chi connectivity index (χ4n) is 1.98. The second kappa shape index (κ2) is 6.85. The number of anilines is 1. The number of aliphatic hydroxyl groups is 1. The van der Waals surface area contributed by atoms with Gasteiger partial charge in [-0.2, -0.15) is 0 Å². The van der Waals surface area contributed by atoms with Crippen molar-refractivity contribution in [1.29, 1.82) is 0 Å².